The Morgan fingerprint density at radius 2 is 1.76 bits per heavy atom. The highest BCUT2D eigenvalue weighted by Crippen LogP contribution is 2.24. The molecule has 0 bridgehead atoms. The summed E-state index contributed by atoms with van der Waals surface area (Å²) >= 11 is 0. The van der Waals surface area contributed by atoms with Crippen molar-refractivity contribution in [3.05, 3.63) is 59.7 Å². The highest BCUT2D eigenvalue weighted by molar-refractivity contribution is 5.45. The second-order valence-electron chi connectivity index (χ2n) is 3.71. The number of rotatable bonds is 3. The van der Waals surface area contributed by atoms with E-state index in [0.717, 1.165) is 12.2 Å². The smallest absolute Gasteiger partial charge is 0.145 e. The van der Waals surface area contributed by atoms with Crippen LogP contribution >= 0.6 is 0 Å². The number of ether oxygens (including phenoxy) is 1. The van der Waals surface area contributed by atoms with Crippen molar-refractivity contribution in [3.63, 3.8) is 0 Å². The van der Waals surface area contributed by atoms with E-state index in [9.17, 15) is 0 Å². The van der Waals surface area contributed by atoms with Crippen molar-refractivity contribution < 1.29 is 4.74 Å². The summed E-state index contributed by atoms with van der Waals surface area (Å²) in [5, 5.41) is 8.95. The molecule has 0 unspecified atom stereocenters. The van der Waals surface area contributed by atoms with Crippen LogP contribution < -0.4 is 4.74 Å². The lowest BCUT2D eigenvalue weighted by molar-refractivity contribution is 0.481. The lowest BCUT2D eigenvalue weighted by Crippen LogP contribution is -1.88. The summed E-state index contributed by atoms with van der Waals surface area (Å²) in [4.78, 5) is 0. The lowest BCUT2D eigenvalue weighted by atomic mass is 10.2. The maximum atomic E-state index is 8.95. The largest absolute Gasteiger partial charge is 0.456 e. The molecule has 0 heterocycles. The van der Waals surface area contributed by atoms with E-state index in [0.29, 0.717) is 11.3 Å². The van der Waals surface area contributed by atoms with Gasteiger partial charge in [-0.05, 0) is 36.2 Å². The van der Waals surface area contributed by atoms with Crippen LogP contribution in [0.3, 0.4) is 0 Å². The molecule has 2 rings (SSSR count). The summed E-state index contributed by atoms with van der Waals surface area (Å²) < 4.78 is 5.68. The maximum Gasteiger partial charge on any atom is 0.145 e. The molecule has 2 aromatic rings. The van der Waals surface area contributed by atoms with E-state index < -0.39 is 0 Å². The van der Waals surface area contributed by atoms with Crippen molar-refractivity contribution in [3.8, 4) is 17.6 Å². The Hall–Kier alpha value is -2.27. The fourth-order valence-corrected chi connectivity index (χ4v) is 1.57. The molecule has 2 aromatic carbocycles. The Morgan fingerprint density at radius 1 is 1.06 bits per heavy atom. The van der Waals surface area contributed by atoms with Gasteiger partial charge in [-0.1, -0.05) is 31.2 Å². The predicted octanol–water partition coefficient (Wildman–Crippen LogP) is 3.91. The van der Waals surface area contributed by atoms with E-state index in [1.54, 1.807) is 12.1 Å². The first-order valence-electron chi connectivity index (χ1n) is 5.59. The van der Waals surface area contributed by atoms with Gasteiger partial charge in [-0.25, -0.2) is 0 Å². The minimum Gasteiger partial charge on any atom is -0.456 e. The van der Waals surface area contributed by atoms with Gasteiger partial charge in [-0.3, -0.25) is 0 Å². The Labute approximate surface area is 101 Å². The van der Waals surface area contributed by atoms with E-state index in [-0.39, 0.29) is 0 Å². The molecule has 0 aliphatic carbocycles. The Kier molecular flexibility index (Phi) is 3.42. The van der Waals surface area contributed by atoms with E-state index in [4.69, 9.17) is 10.00 Å². The van der Waals surface area contributed by atoms with Crippen LogP contribution in [0, 0.1) is 11.3 Å². The summed E-state index contributed by atoms with van der Waals surface area (Å²) in [7, 11) is 0. The minimum absolute atomic E-state index is 0.548. The van der Waals surface area contributed by atoms with Gasteiger partial charge in [0.2, 0.25) is 0 Å². The third kappa shape index (κ3) is 2.64. The van der Waals surface area contributed by atoms with Gasteiger partial charge in [0.15, 0.2) is 0 Å². The zero-order chi connectivity index (χ0) is 12.1. The van der Waals surface area contributed by atoms with Crippen LogP contribution in [0.15, 0.2) is 48.5 Å². The van der Waals surface area contributed by atoms with E-state index >= 15 is 0 Å². The van der Waals surface area contributed by atoms with Crippen molar-refractivity contribution in [1.82, 2.24) is 0 Å². The van der Waals surface area contributed by atoms with Crippen LogP contribution in [0.25, 0.3) is 0 Å². The fourth-order valence-electron chi connectivity index (χ4n) is 1.57. The van der Waals surface area contributed by atoms with Gasteiger partial charge >= 0.3 is 0 Å². The molecule has 0 N–H and O–H groups in total. The Morgan fingerprint density at radius 3 is 2.41 bits per heavy atom. The van der Waals surface area contributed by atoms with Crippen molar-refractivity contribution in [2.24, 2.45) is 0 Å². The number of para-hydroxylation sites is 1. The van der Waals surface area contributed by atoms with E-state index in [2.05, 4.69) is 13.0 Å². The van der Waals surface area contributed by atoms with Gasteiger partial charge in [0, 0.05) is 0 Å². The number of benzene rings is 2. The first-order chi connectivity index (χ1) is 8.33. The average Bonchev–Trinajstić information content (AvgIpc) is 2.40. The topological polar surface area (TPSA) is 33.0 Å². The van der Waals surface area contributed by atoms with Gasteiger partial charge in [0.25, 0.3) is 0 Å². The average molecular weight is 223 g/mol. The Bertz CT molecular complexity index is 538. The van der Waals surface area contributed by atoms with Crippen LogP contribution in [0.1, 0.15) is 18.1 Å². The predicted molar refractivity (Wildman–Crippen MR) is 67.1 cm³/mol. The molecule has 0 spiro atoms. The number of hydrogen-bond donors (Lipinski definition) is 0. The zero-order valence-electron chi connectivity index (χ0n) is 9.68. The van der Waals surface area contributed by atoms with Crippen molar-refractivity contribution in [1.29, 1.82) is 5.26 Å². The monoisotopic (exact) mass is 223 g/mol. The third-order valence-corrected chi connectivity index (χ3v) is 2.57. The second-order valence-corrected chi connectivity index (χ2v) is 3.71. The lowest BCUT2D eigenvalue weighted by Gasteiger charge is -2.07. The number of nitriles is 1. The standard InChI is InChI=1S/C15H13NO/c1-2-12-7-9-14(10-8-12)17-15-6-4-3-5-13(15)11-16/h3-10H,2H2,1H3. The molecular weight excluding hydrogens is 210 g/mol. The third-order valence-electron chi connectivity index (χ3n) is 2.57. The van der Waals surface area contributed by atoms with Gasteiger partial charge in [-0.2, -0.15) is 5.26 Å². The van der Waals surface area contributed by atoms with Gasteiger partial charge in [0.1, 0.15) is 17.6 Å². The summed E-state index contributed by atoms with van der Waals surface area (Å²) in [5.74, 6) is 1.35. The molecule has 0 aliphatic rings. The van der Waals surface area contributed by atoms with Gasteiger partial charge in [0.05, 0.1) is 5.56 Å². The quantitative estimate of drug-likeness (QED) is 0.790. The zero-order valence-corrected chi connectivity index (χ0v) is 9.68. The van der Waals surface area contributed by atoms with E-state index in [1.807, 2.05) is 36.4 Å². The summed E-state index contributed by atoms with van der Waals surface area (Å²) in [5.41, 5.74) is 1.82. The normalized spacial score (nSPS) is 9.65. The van der Waals surface area contributed by atoms with Gasteiger partial charge in [-0.15, -0.1) is 0 Å². The molecule has 84 valence electrons. The van der Waals surface area contributed by atoms with Crippen LogP contribution in [0.4, 0.5) is 0 Å². The molecule has 0 atom stereocenters. The summed E-state index contributed by atoms with van der Waals surface area (Å²) in [6.07, 6.45) is 1.01. The fraction of sp³-hybridized carbons (Fsp3) is 0.133. The second kappa shape index (κ2) is 5.18. The number of nitrogens with zero attached hydrogens (tertiary/aromatic N) is 1. The van der Waals surface area contributed by atoms with Gasteiger partial charge < -0.3 is 4.74 Å². The van der Waals surface area contributed by atoms with Crippen LogP contribution in [-0.4, -0.2) is 0 Å². The SMILES string of the molecule is CCc1ccc(Oc2ccccc2C#N)cc1. The molecule has 0 fully saturated rings. The molecule has 0 saturated heterocycles. The highest BCUT2D eigenvalue weighted by atomic mass is 16.5. The van der Waals surface area contributed by atoms with Crippen LogP contribution in [0.2, 0.25) is 0 Å². The number of hydrogen-bond acceptors (Lipinski definition) is 2. The molecule has 2 heteroatoms. The highest BCUT2D eigenvalue weighted by Gasteiger charge is 2.02. The molecule has 2 nitrogen and oxygen atoms in total. The van der Waals surface area contributed by atoms with E-state index in [1.165, 1.54) is 5.56 Å². The van der Waals surface area contributed by atoms with Crippen molar-refractivity contribution in [2.45, 2.75) is 13.3 Å². The first kappa shape index (κ1) is 11.2. The first-order valence-corrected chi connectivity index (χ1v) is 5.59. The molecule has 0 radical (unpaired) electrons. The van der Waals surface area contributed by atoms with Crippen molar-refractivity contribution >= 4 is 0 Å². The molecule has 0 saturated carbocycles. The van der Waals surface area contributed by atoms with Crippen LogP contribution in [0.5, 0.6) is 11.5 Å². The van der Waals surface area contributed by atoms with Crippen molar-refractivity contribution in [2.75, 3.05) is 0 Å². The molecule has 0 aromatic heterocycles. The van der Waals surface area contributed by atoms with Crippen LogP contribution in [-0.2, 0) is 6.42 Å². The molecule has 17 heavy (non-hydrogen) atoms. The maximum absolute atomic E-state index is 8.95. The summed E-state index contributed by atoms with van der Waals surface area (Å²) in [6.45, 7) is 2.11. The summed E-state index contributed by atoms with van der Waals surface area (Å²) in [6, 6.07) is 17.3. The minimum atomic E-state index is 0.548. The number of aryl methyl sites for hydroxylation is 1. The molecular formula is C15H13NO. The molecule has 0 aliphatic heterocycles. The Balaban J connectivity index is 2.23. The molecule has 0 amide bonds.